The Kier molecular flexibility index (Phi) is 5.61. The molecule has 0 atom stereocenters. The standard InChI is InChI=1S/C18H33N3O/c1-2-19-17(21-13-11-18(15-21)9-5-10-18)20-12-6-14-22-16-7-3-4-8-16/h16H,2-15H2,1H3,(H,19,20). The monoisotopic (exact) mass is 307 g/mol. The Balaban J connectivity index is 1.40. The van der Waals surface area contributed by atoms with Gasteiger partial charge in [-0.3, -0.25) is 4.99 Å². The van der Waals surface area contributed by atoms with Crippen molar-refractivity contribution in [3.05, 3.63) is 0 Å². The van der Waals surface area contributed by atoms with Gasteiger partial charge in [-0.1, -0.05) is 19.3 Å². The van der Waals surface area contributed by atoms with E-state index in [9.17, 15) is 0 Å². The lowest BCUT2D eigenvalue weighted by molar-refractivity contribution is 0.0579. The van der Waals surface area contributed by atoms with Crippen LogP contribution in [0, 0.1) is 5.41 Å². The molecule has 1 N–H and O–H groups in total. The predicted octanol–water partition coefficient (Wildman–Crippen LogP) is 3.18. The minimum absolute atomic E-state index is 0.536. The summed E-state index contributed by atoms with van der Waals surface area (Å²) in [4.78, 5) is 7.32. The number of hydrogen-bond acceptors (Lipinski definition) is 2. The van der Waals surface area contributed by atoms with Gasteiger partial charge in [0.2, 0.25) is 0 Å². The molecule has 3 fully saturated rings. The molecule has 0 aromatic heterocycles. The van der Waals surface area contributed by atoms with Crippen LogP contribution < -0.4 is 5.32 Å². The van der Waals surface area contributed by atoms with Gasteiger partial charge in [-0.25, -0.2) is 0 Å². The highest BCUT2D eigenvalue weighted by molar-refractivity contribution is 5.80. The van der Waals surface area contributed by atoms with E-state index in [-0.39, 0.29) is 0 Å². The Labute approximate surface area is 135 Å². The van der Waals surface area contributed by atoms with Crippen LogP contribution in [0.4, 0.5) is 0 Å². The SMILES string of the molecule is CCNC(=NCCCOC1CCCC1)N1CCC2(CCC2)C1. The van der Waals surface area contributed by atoms with Crippen molar-refractivity contribution in [2.24, 2.45) is 10.4 Å². The number of aliphatic imine (C=N–C) groups is 1. The van der Waals surface area contributed by atoms with E-state index in [1.165, 1.54) is 64.5 Å². The summed E-state index contributed by atoms with van der Waals surface area (Å²) in [6, 6.07) is 0. The van der Waals surface area contributed by atoms with E-state index in [1.807, 2.05) is 0 Å². The Bertz CT molecular complexity index is 373. The highest BCUT2D eigenvalue weighted by atomic mass is 16.5. The van der Waals surface area contributed by atoms with Crippen LogP contribution in [0.15, 0.2) is 4.99 Å². The maximum absolute atomic E-state index is 5.93. The van der Waals surface area contributed by atoms with Crippen LogP contribution in [-0.2, 0) is 4.74 Å². The summed E-state index contributed by atoms with van der Waals surface area (Å²) in [5.41, 5.74) is 0.641. The van der Waals surface area contributed by atoms with Crippen molar-refractivity contribution in [2.45, 2.75) is 70.8 Å². The van der Waals surface area contributed by atoms with Crippen LogP contribution in [-0.4, -0.2) is 49.7 Å². The number of nitrogens with one attached hydrogen (secondary N) is 1. The summed E-state index contributed by atoms with van der Waals surface area (Å²) in [5, 5.41) is 3.48. The highest BCUT2D eigenvalue weighted by Gasteiger charge is 2.43. The Morgan fingerprint density at radius 3 is 2.68 bits per heavy atom. The van der Waals surface area contributed by atoms with Gasteiger partial charge in [0.15, 0.2) is 5.96 Å². The van der Waals surface area contributed by atoms with Crippen molar-refractivity contribution >= 4 is 5.96 Å². The molecule has 1 aliphatic heterocycles. The smallest absolute Gasteiger partial charge is 0.193 e. The van der Waals surface area contributed by atoms with Crippen molar-refractivity contribution in [1.29, 1.82) is 0 Å². The minimum atomic E-state index is 0.536. The van der Waals surface area contributed by atoms with Gasteiger partial charge in [-0.2, -0.15) is 0 Å². The largest absolute Gasteiger partial charge is 0.378 e. The van der Waals surface area contributed by atoms with Crippen LogP contribution >= 0.6 is 0 Å². The van der Waals surface area contributed by atoms with Crippen molar-refractivity contribution in [3.63, 3.8) is 0 Å². The minimum Gasteiger partial charge on any atom is -0.378 e. The van der Waals surface area contributed by atoms with Gasteiger partial charge in [0, 0.05) is 32.8 Å². The maximum Gasteiger partial charge on any atom is 0.193 e. The fourth-order valence-corrected chi connectivity index (χ4v) is 4.18. The normalized spacial score (nSPS) is 25.0. The molecule has 1 heterocycles. The second-order valence-electron chi connectivity index (χ2n) is 7.39. The summed E-state index contributed by atoms with van der Waals surface area (Å²) in [6.45, 7) is 7.28. The van der Waals surface area contributed by atoms with Crippen LogP contribution in [0.25, 0.3) is 0 Å². The first-order valence-electron chi connectivity index (χ1n) is 9.46. The summed E-state index contributed by atoms with van der Waals surface area (Å²) >= 11 is 0. The number of likely N-dealkylation sites (tertiary alicyclic amines) is 1. The second-order valence-corrected chi connectivity index (χ2v) is 7.39. The molecular formula is C18H33N3O. The predicted molar refractivity (Wildman–Crippen MR) is 91.3 cm³/mol. The quantitative estimate of drug-likeness (QED) is 0.465. The van der Waals surface area contributed by atoms with E-state index < -0.39 is 0 Å². The third-order valence-corrected chi connectivity index (χ3v) is 5.71. The Hall–Kier alpha value is -0.770. The molecule has 0 amide bonds. The van der Waals surface area contributed by atoms with Gasteiger partial charge < -0.3 is 15.0 Å². The zero-order chi connectivity index (χ0) is 15.3. The first-order valence-corrected chi connectivity index (χ1v) is 9.46. The van der Waals surface area contributed by atoms with E-state index >= 15 is 0 Å². The van der Waals surface area contributed by atoms with Crippen molar-refractivity contribution in [1.82, 2.24) is 10.2 Å². The fraction of sp³-hybridized carbons (Fsp3) is 0.944. The lowest BCUT2D eigenvalue weighted by Gasteiger charge is -2.38. The molecular weight excluding hydrogens is 274 g/mol. The molecule has 4 heteroatoms. The lowest BCUT2D eigenvalue weighted by atomic mass is 9.68. The van der Waals surface area contributed by atoms with Crippen LogP contribution in [0.5, 0.6) is 0 Å². The number of hydrogen-bond donors (Lipinski definition) is 1. The van der Waals surface area contributed by atoms with Crippen LogP contribution in [0.2, 0.25) is 0 Å². The van der Waals surface area contributed by atoms with Crippen LogP contribution in [0.3, 0.4) is 0 Å². The first kappa shape index (κ1) is 16.1. The molecule has 0 aromatic carbocycles. The second kappa shape index (κ2) is 7.67. The fourth-order valence-electron chi connectivity index (χ4n) is 4.18. The molecule has 0 radical (unpaired) electrons. The first-order chi connectivity index (χ1) is 10.8. The van der Waals surface area contributed by atoms with Crippen molar-refractivity contribution in [2.75, 3.05) is 32.8 Å². The number of ether oxygens (including phenoxy) is 1. The van der Waals surface area contributed by atoms with Gasteiger partial charge in [0.1, 0.15) is 0 Å². The zero-order valence-corrected chi connectivity index (χ0v) is 14.3. The Morgan fingerprint density at radius 2 is 2.05 bits per heavy atom. The zero-order valence-electron chi connectivity index (χ0n) is 14.3. The molecule has 1 spiro atoms. The molecule has 126 valence electrons. The van der Waals surface area contributed by atoms with E-state index in [1.54, 1.807) is 0 Å². The molecule has 4 nitrogen and oxygen atoms in total. The average Bonchev–Trinajstić information content (AvgIpc) is 3.14. The van der Waals surface area contributed by atoms with Crippen LogP contribution in [0.1, 0.15) is 64.7 Å². The van der Waals surface area contributed by atoms with E-state index in [0.29, 0.717) is 11.5 Å². The van der Waals surface area contributed by atoms with E-state index in [4.69, 9.17) is 9.73 Å². The molecule has 0 bridgehead atoms. The summed E-state index contributed by atoms with van der Waals surface area (Å²) in [7, 11) is 0. The molecule has 0 unspecified atom stereocenters. The van der Waals surface area contributed by atoms with E-state index in [0.717, 1.165) is 32.1 Å². The third kappa shape index (κ3) is 3.95. The van der Waals surface area contributed by atoms with Gasteiger partial charge in [-0.05, 0) is 50.9 Å². The molecule has 3 rings (SSSR count). The summed E-state index contributed by atoms with van der Waals surface area (Å²) in [5.74, 6) is 1.13. The maximum atomic E-state index is 5.93. The number of nitrogens with zero attached hydrogens (tertiary/aromatic N) is 2. The molecule has 22 heavy (non-hydrogen) atoms. The van der Waals surface area contributed by atoms with E-state index in [2.05, 4.69) is 17.1 Å². The highest BCUT2D eigenvalue weighted by Crippen LogP contribution is 2.47. The third-order valence-electron chi connectivity index (χ3n) is 5.71. The molecule has 2 aliphatic carbocycles. The van der Waals surface area contributed by atoms with Gasteiger partial charge in [-0.15, -0.1) is 0 Å². The molecule has 3 aliphatic rings. The average molecular weight is 307 g/mol. The van der Waals surface area contributed by atoms with Crippen molar-refractivity contribution < 1.29 is 4.74 Å². The number of rotatable bonds is 6. The van der Waals surface area contributed by atoms with Gasteiger partial charge in [0.05, 0.1) is 6.10 Å². The molecule has 1 saturated heterocycles. The van der Waals surface area contributed by atoms with Crippen molar-refractivity contribution in [3.8, 4) is 0 Å². The summed E-state index contributed by atoms with van der Waals surface area (Å²) in [6.07, 6.45) is 12.5. The molecule has 2 saturated carbocycles. The summed E-state index contributed by atoms with van der Waals surface area (Å²) < 4.78 is 5.93. The Morgan fingerprint density at radius 1 is 1.23 bits per heavy atom. The lowest BCUT2D eigenvalue weighted by Crippen LogP contribution is -2.42. The van der Waals surface area contributed by atoms with Gasteiger partial charge in [0.25, 0.3) is 0 Å². The topological polar surface area (TPSA) is 36.9 Å². The molecule has 0 aromatic rings. The number of guanidine groups is 1. The van der Waals surface area contributed by atoms with Gasteiger partial charge >= 0.3 is 0 Å².